The summed E-state index contributed by atoms with van der Waals surface area (Å²) in [5.74, 6) is 2.47. The van der Waals surface area contributed by atoms with E-state index in [2.05, 4.69) is 25.5 Å². The number of benzene rings is 3. The molecule has 0 spiro atoms. The Labute approximate surface area is 226 Å². The van der Waals surface area contributed by atoms with E-state index in [0.29, 0.717) is 44.9 Å². The van der Waals surface area contributed by atoms with Crippen LogP contribution in [0.2, 0.25) is 0 Å². The van der Waals surface area contributed by atoms with Crippen LogP contribution in [-0.4, -0.2) is 44.7 Å². The molecule has 0 aliphatic rings. The van der Waals surface area contributed by atoms with Gasteiger partial charge in [0.2, 0.25) is 5.75 Å². The van der Waals surface area contributed by atoms with Gasteiger partial charge in [-0.2, -0.15) is 0 Å². The van der Waals surface area contributed by atoms with Gasteiger partial charge in [-0.1, -0.05) is 55.8 Å². The lowest BCUT2D eigenvalue weighted by Crippen LogP contribution is -2.13. The van der Waals surface area contributed by atoms with Gasteiger partial charge in [0.15, 0.2) is 23.0 Å². The summed E-state index contributed by atoms with van der Waals surface area (Å²) in [6, 6.07) is 14.3. The van der Waals surface area contributed by atoms with Crippen molar-refractivity contribution in [1.82, 2.24) is 0 Å². The highest BCUT2D eigenvalue weighted by atomic mass is 32.3. The summed E-state index contributed by atoms with van der Waals surface area (Å²) in [6.07, 6.45) is 3.67. The van der Waals surface area contributed by atoms with E-state index >= 15 is 0 Å². The van der Waals surface area contributed by atoms with Gasteiger partial charge in [0.05, 0.1) is 46.1 Å². The van der Waals surface area contributed by atoms with Crippen LogP contribution < -0.4 is 28.4 Å². The summed E-state index contributed by atoms with van der Waals surface area (Å²) in [5, 5.41) is 0. The van der Waals surface area contributed by atoms with E-state index in [-0.39, 0.29) is 5.41 Å². The maximum Gasteiger partial charge on any atom is 0.203 e. The third-order valence-corrected chi connectivity index (χ3v) is 7.43. The molecular formula is C29H37NO7S. The number of rotatable bonds is 10. The topological polar surface area (TPSA) is 98.6 Å². The SMILES string of the molecule is COc1cc(/C=C\c2cc(OC)c(OC)c(OC)c2)c(NS(O)(O)c2ccc(C(C)(C)C)cc2)cc1OC. The number of hydrogen-bond acceptors (Lipinski definition) is 8. The minimum atomic E-state index is -3.39. The Morgan fingerprint density at radius 2 is 1.21 bits per heavy atom. The fourth-order valence-corrected chi connectivity index (χ4v) is 4.98. The number of nitrogens with one attached hydrogen (secondary N) is 1. The van der Waals surface area contributed by atoms with E-state index in [1.165, 1.54) is 7.11 Å². The van der Waals surface area contributed by atoms with Crippen LogP contribution in [0.25, 0.3) is 12.2 Å². The molecule has 0 radical (unpaired) electrons. The molecule has 9 heteroatoms. The molecule has 0 saturated heterocycles. The Morgan fingerprint density at radius 1 is 0.684 bits per heavy atom. The van der Waals surface area contributed by atoms with Crippen LogP contribution in [0, 0.1) is 0 Å². The average Bonchev–Trinajstić information content (AvgIpc) is 2.90. The van der Waals surface area contributed by atoms with Crippen molar-refractivity contribution in [3.05, 3.63) is 65.2 Å². The second kappa shape index (κ2) is 11.9. The summed E-state index contributed by atoms with van der Waals surface area (Å²) >= 11 is 0. The highest BCUT2D eigenvalue weighted by Crippen LogP contribution is 2.50. The van der Waals surface area contributed by atoms with Crippen molar-refractivity contribution in [1.29, 1.82) is 0 Å². The maximum absolute atomic E-state index is 11.1. The lowest BCUT2D eigenvalue weighted by atomic mass is 9.87. The Morgan fingerprint density at radius 3 is 1.68 bits per heavy atom. The zero-order valence-corrected chi connectivity index (χ0v) is 23.9. The maximum atomic E-state index is 11.1. The molecule has 206 valence electrons. The first-order chi connectivity index (χ1) is 18.0. The van der Waals surface area contributed by atoms with Crippen LogP contribution in [0.1, 0.15) is 37.5 Å². The molecule has 3 rings (SSSR count). The second-order valence-corrected chi connectivity index (χ2v) is 11.3. The first-order valence-corrected chi connectivity index (χ1v) is 13.4. The molecule has 0 aliphatic carbocycles. The van der Waals surface area contributed by atoms with Gasteiger partial charge in [-0.05, 0) is 46.9 Å². The summed E-state index contributed by atoms with van der Waals surface area (Å²) in [4.78, 5) is 0.375. The fraction of sp³-hybridized carbons (Fsp3) is 0.310. The number of methoxy groups -OCH3 is 5. The normalized spacial score (nSPS) is 12.3. The monoisotopic (exact) mass is 543 g/mol. The lowest BCUT2D eigenvalue weighted by Gasteiger charge is -2.35. The Bertz CT molecular complexity index is 1260. The third kappa shape index (κ3) is 6.48. The molecule has 0 fully saturated rings. The molecule has 0 unspecified atom stereocenters. The van der Waals surface area contributed by atoms with Crippen molar-refractivity contribution >= 4 is 28.6 Å². The van der Waals surface area contributed by atoms with Gasteiger partial charge >= 0.3 is 0 Å². The Kier molecular flexibility index (Phi) is 9.09. The van der Waals surface area contributed by atoms with Crippen molar-refractivity contribution in [3.8, 4) is 28.7 Å². The zero-order chi connectivity index (χ0) is 28.1. The van der Waals surface area contributed by atoms with E-state index in [4.69, 9.17) is 23.7 Å². The molecule has 0 aromatic heterocycles. The summed E-state index contributed by atoms with van der Waals surface area (Å²) in [5.41, 5.74) is 2.92. The van der Waals surface area contributed by atoms with Gasteiger partial charge in [-0.15, -0.1) is 0 Å². The van der Waals surface area contributed by atoms with Crippen LogP contribution in [0.5, 0.6) is 28.7 Å². The van der Waals surface area contributed by atoms with Gasteiger partial charge in [-0.25, -0.2) is 0 Å². The minimum Gasteiger partial charge on any atom is -0.493 e. The van der Waals surface area contributed by atoms with Crippen LogP contribution >= 0.6 is 10.8 Å². The van der Waals surface area contributed by atoms with Crippen molar-refractivity contribution in [2.24, 2.45) is 0 Å². The van der Waals surface area contributed by atoms with Gasteiger partial charge in [0.1, 0.15) is 0 Å². The zero-order valence-electron chi connectivity index (χ0n) is 23.1. The standard InChI is InChI=1S/C29H37NO7S/c1-29(2,3)21-11-13-22(14-12-21)38(31,32)30-23-18-25(34-5)24(33-4)17-20(23)10-9-19-15-26(35-6)28(37-8)27(16-19)36-7/h9-18,30-32H,1-8H3/b10-9-. The largest absolute Gasteiger partial charge is 0.493 e. The first kappa shape index (κ1) is 29.0. The van der Waals surface area contributed by atoms with Crippen LogP contribution in [-0.2, 0) is 5.41 Å². The fourth-order valence-electron chi connectivity index (χ4n) is 3.86. The Hall–Kier alpha value is -3.53. The molecule has 0 saturated carbocycles. The quantitative estimate of drug-likeness (QED) is 0.229. The van der Waals surface area contributed by atoms with Crippen LogP contribution in [0.4, 0.5) is 5.69 Å². The van der Waals surface area contributed by atoms with Gasteiger partial charge < -0.3 is 23.7 Å². The molecule has 0 atom stereocenters. The number of ether oxygens (including phenoxy) is 5. The molecule has 0 heterocycles. The molecule has 0 bridgehead atoms. The van der Waals surface area contributed by atoms with Gasteiger partial charge in [0.25, 0.3) is 0 Å². The molecule has 3 aromatic rings. The predicted molar refractivity (Wildman–Crippen MR) is 154 cm³/mol. The van der Waals surface area contributed by atoms with Gasteiger partial charge in [0, 0.05) is 11.6 Å². The highest BCUT2D eigenvalue weighted by molar-refractivity contribution is 8.25. The van der Waals surface area contributed by atoms with Crippen molar-refractivity contribution < 1.29 is 32.8 Å². The smallest absolute Gasteiger partial charge is 0.203 e. The minimum absolute atomic E-state index is 0.0526. The lowest BCUT2D eigenvalue weighted by molar-refractivity contribution is 0.324. The van der Waals surface area contributed by atoms with Crippen molar-refractivity contribution in [2.45, 2.75) is 31.1 Å². The molecule has 0 aliphatic heterocycles. The molecule has 0 amide bonds. The van der Waals surface area contributed by atoms with Crippen LogP contribution in [0.3, 0.4) is 0 Å². The van der Waals surface area contributed by atoms with E-state index in [1.54, 1.807) is 52.7 Å². The van der Waals surface area contributed by atoms with E-state index in [0.717, 1.165) is 11.1 Å². The summed E-state index contributed by atoms with van der Waals surface area (Å²) in [6.45, 7) is 6.32. The summed E-state index contributed by atoms with van der Waals surface area (Å²) < 4.78 is 52.4. The van der Waals surface area contributed by atoms with Crippen molar-refractivity contribution in [2.75, 3.05) is 40.3 Å². The average molecular weight is 544 g/mol. The first-order valence-electron chi connectivity index (χ1n) is 11.9. The summed E-state index contributed by atoms with van der Waals surface area (Å²) in [7, 11) is 4.33. The predicted octanol–water partition coefficient (Wildman–Crippen LogP) is 7.33. The van der Waals surface area contributed by atoms with Crippen molar-refractivity contribution in [3.63, 3.8) is 0 Å². The molecule has 3 aromatic carbocycles. The number of hydrogen-bond donors (Lipinski definition) is 3. The van der Waals surface area contributed by atoms with E-state index in [1.807, 2.05) is 36.4 Å². The molecular weight excluding hydrogens is 506 g/mol. The van der Waals surface area contributed by atoms with Gasteiger partial charge in [-0.3, -0.25) is 13.8 Å². The Balaban J connectivity index is 2.04. The highest BCUT2D eigenvalue weighted by Gasteiger charge is 2.21. The molecule has 38 heavy (non-hydrogen) atoms. The molecule has 8 nitrogen and oxygen atoms in total. The van der Waals surface area contributed by atoms with E-state index < -0.39 is 10.8 Å². The van der Waals surface area contributed by atoms with Crippen LogP contribution in [0.15, 0.2) is 53.4 Å². The second-order valence-electron chi connectivity index (χ2n) is 9.51. The number of anilines is 1. The molecule has 3 N–H and O–H groups in total. The van der Waals surface area contributed by atoms with E-state index in [9.17, 15) is 9.11 Å². The third-order valence-electron chi connectivity index (χ3n) is 6.00.